The number of aromatic nitrogens is 1. The second-order valence-electron chi connectivity index (χ2n) is 5.01. The van der Waals surface area contributed by atoms with Crippen LogP contribution in [0.5, 0.6) is 0 Å². The molecule has 0 unspecified atom stereocenters. The molecule has 1 aromatic rings. The van der Waals surface area contributed by atoms with Crippen LogP contribution < -0.4 is 5.32 Å². The van der Waals surface area contributed by atoms with Gasteiger partial charge in [0.2, 0.25) is 5.91 Å². The van der Waals surface area contributed by atoms with Crippen molar-refractivity contribution in [2.75, 3.05) is 19.6 Å². The standard InChI is InChI=1S/C14H19N3O4/c18-12(16-7-1-2-8-16)5-6-15-14(21)11-4-3-9-17(11)10-13(19)20/h3-4,9H,1-2,5-8,10H2,(H,15,21)(H,19,20). The highest BCUT2D eigenvalue weighted by atomic mass is 16.4. The third-order valence-corrected chi connectivity index (χ3v) is 3.45. The summed E-state index contributed by atoms with van der Waals surface area (Å²) in [7, 11) is 0. The molecule has 0 aliphatic carbocycles. The van der Waals surface area contributed by atoms with Gasteiger partial charge in [-0.3, -0.25) is 14.4 Å². The van der Waals surface area contributed by atoms with Gasteiger partial charge < -0.3 is 19.9 Å². The number of carboxylic acid groups (broad SMARTS) is 1. The summed E-state index contributed by atoms with van der Waals surface area (Å²) in [6.45, 7) is 1.59. The predicted molar refractivity (Wildman–Crippen MR) is 74.8 cm³/mol. The molecule has 1 aliphatic heterocycles. The van der Waals surface area contributed by atoms with Crippen molar-refractivity contribution in [3.05, 3.63) is 24.0 Å². The lowest BCUT2D eigenvalue weighted by Gasteiger charge is -2.15. The number of rotatable bonds is 6. The summed E-state index contributed by atoms with van der Waals surface area (Å²) in [6.07, 6.45) is 3.89. The topological polar surface area (TPSA) is 91.6 Å². The lowest BCUT2D eigenvalue weighted by molar-refractivity contribution is -0.137. The first-order valence-corrected chi connectivity index (χ1v) is 7.01. The van der Waals surface area contributed by atoms with E-state index >= 15 is 0 Å². The van der Waals surface area contributed by atoms with Gasteiger partial charge in [0, 0.05) is 32.3 Å². The molecule has 1 fully saturated rings. The van der Waals surface area contributed by atoms with E-state index in [4.69, 9.17) is 5.11 Å². The molecule has 7 nitrogen and oxygen atoms in total. The molecule has 2 N–H and O–H groups in total. The van der Waals surface area contributed by atoms with Crippen LogP contribution in [0.15, 0.2) is 18.3 Å². The number of carbonyl (C=O) groups is 3. The van der Waals surface area contributed by atoms with Crippen LogP contribution in [-0.2, 0) is 16.1 Å². The number of nitrogens with one attached hydrogen (secondary N) is 1. The highest BCUT2D eigenvalue weighted by molar-refractivity contribution is 5.93. The number of hydrogen-bond donors (Lipinski definition) is 2. The van der Waals surface area contributed by atoms with Gasteiger partial charge in [-0.05, 0) is 25.0 Å². The maximum atomic E-state index is 12.0. The lowest BCUT2D eigenvalue weighted by atomic mass is 10.3. The fourth-order valence-electron chi connectivity index (χ4n) is 2.40. The molecule has 21 heavy (non-hydrogen) atoms. The molecule has 0 aromatic carbocycles. The van der Waals surface area contributed by atoms with Crippen molar-refractivity contribution < 1.29 is 19.5 Å². The van der Waals surface area contributed by atoms with E-state index in [-0.39, 0.29) is 37.0 Å². The summed E-state index contributed by atoms with van der Waals surface area (Å²) >= 11 is 0. The maximum Gasteiger partial charge on any atom is 0.323 e. The van der Waals surface area contributed by atoms with Crippen molar-refractivity contribution in [2.24, 2.45) is 0 Å². The average molecular weight is 293 g/mol. The Morgan fingerprint density at radius 2 is 1.95 bits per heavy atom. The SMILES string of the molecule is O=C(O)Cn1cccc1C(=O)NCCC(=O)N1CCCC1. The Labute approximate surface area is 122 Å². The molecule has 2 amide bonds. The molecule has 114 valence electrons. The molecule has 0 bridgehead atoms. The normalized spacial score (nSPS) is 14.2. The first kappa shape index (κ1) is 15.1. The van der Waals surface area contributed by atoms with Crippen molar-refractivity contribution >= 4 is 17.8 Å². The minimum atomic E-state index is -1.01. The highest BCUT2D eigenvalue weighted by Gasteiger charge is 2.18. The minimum Gasteiger partial charge on any atom is -0.480 e. The van der Waals surface area contributed by atoms with Crippen molar-refractivity contribution in [1.29, 1.82) is 0 Å². The highest BCUT2D eigenvalue weighted by Crippen LogP contribution is 2.08. The monoisotopic (exact) mass is 293 g/mol. The molecule has 0 atom stereocenters. The van der Waals surface area contributed by atoms with E-state index in [1.807, 2.05) is 0 Å². The third-order valence-electron chi connectivity index (χ3n) is 3.45. The number of amides is 2. The fourth-order valence-corrected chi connectivity index (χ4v) is 2.40. The Balaban J connectivity index is 1.80. The van der Waals surface area contributed by atoms with Crippen molar-refractivity contribution in [1.82, 2.24) is 14.8 Å². The van der Waals surface area contributed by atoms with Crippen LogP contribution in [0.4, 0.5) is 0 Å². The Hall–Kier alpha value is -2.31. The fraction of sp³-hybridized carbons (Fsp3) is 0.500. The number of aliphatic carboxylic acids is 1. The van der Waals surface area contributed by atoms with E-state index in [0.717, 1.165) is 25.9 Å². The Bertz CT molecular complexity index is 532. The molecule has 1 saturated heterocycles. The van der Waals surface area contributed by atoms with Gasteiger partial charge in [-0.2, -0.15) is 0 Å². The van der Waals surface area contributed by atoms with Crippen molar-refractivity contribution in [2.45, 2.75) is 25.8 Å². The molecule has 1 aliphatic rings. The average Bonchev–Trinajstić information content (AvgIpc) is 3.08. The van der Waals surface area contributed by atoms with Gasteiger partial charge in [0.1, 0.15) is 12.2 Å². The zero-order valence-corrected chi connectivity index (χ0v) is 11.7. The predicted octanol–water partition coefficient (Wildman–Crippen LogP) is 0.315. The molecular weight excluding hydrogens is 274 g/mol. The second-order valence-corrected chi connectivity index (χ2v) is 5.01. The minimum absolute atomic E-state index is 0.0497. The van der Waals surface area contributed by atoms with Gasteiger partial charge in [0.05, 0.1) is 0 Å². The first-order valence-electron chi connectivity index (χ1n) is 7.01. The molecule has 0 radical (unpaired) electrons. The smallest absolute Gasteiger partial charge is 0.323 e. The summed E-state index contributed by atoms with van der Waals surface area (Å²) in [5, 5.41) is 11.4. The summed E-state index contributed by atoms with van der Waals surface area (Å²) in [4.78, 5) is 36.3. The maximum absolute atomic E-state index is 12.0. The van der Waals surface area contributed by atoms with E-state index in [2.05, 4.69) is 5.32 Å². The zero-order valence-electron chi connectivity index (χ0n) is 11.7. The lowest BCUT2D eigenvalue weighted by Crippen LogP contribution is -2.33. The quantitative estimate of drug-likeness (QED) is 0.790. The van der Waals surface area contributed by atoms with Crippen LogP contribution in [0, 0.1) is 0 Å². The van der Waals surface area contributed by atoms with Crippen LogP contribution in [0.1, 0.15) is 29.8 Å². The van der Waals surface area contributed by atoms with Crippen LogP contribution >= 0.6 is 0 Å². The molecule has 0 saturated carbocycles. The van der Waals surface area contributed by atoms with E-state index in [9.17, 15) is 14.4 Å². The number of nitrogens with zero attached hydrogens (tertiary/aromatic N) is 2. The Kier molecular flexibility index (Phi) is 4.97. The van der Waals surface area contributed by atoms with Gasteiger partial charge in [0.15, 0.2) is 0 Å². The zero-order chi connectivity index (χ0) is 15.2. The molecule has 2 heterocycles. The molecule has 0 spiro atoms. The van der Waals surface area contributed by atoms with Gasteiger partial charge in [-0.15, -0.1) is 0 Å². The van der Waals surface area contributed by atoms with Gasteiger partial charge in [-0.1, -0.05) is 0 Å². The van der Waals surface area contributed by atoms with Crippen LogP contribution in [0.2, 0.25) is 0 Å². The van der Waals surface area contributed by atoms with E-state index < -0.39 is 5.97 Å². The second kappa shape index (κ2) is 6.92. The van der Waals surface area contributed by atoms with Crippen LogP contribution in [0.25, 0.3) is 0 Å². The Morgan fingerprint density at radius 3 is 2.62 bits per heavy atom. The van der Waals surface area contributed by atoms with Gasteiger partial charge in [-0.25, -0.2) is 0 Å². The number of likely N-dealkylation sites (tertiary alicyclic amines) is 1. The van der Waals surface area contributed by atoms with Gasteiger partial charge >= 0.3 is 5.97 Å². The first-order chi connectivity index (χ1) is 10.1. The number of hydrogen-bond acceptors (Lipinski definition) is 3. The van der Waals surface area contributed by atoms with Crippen LogP contribution in [-0.4, -0.2) is 52.0 Å². The summed E-state index contributed by atoms with van der Waals surface area (Å²) in [6, 6.07) is 3.17. The summed E-state index contributed by atoms with van der Waals surface area (Å²) in [5.74, 6) is -1.33. The molecule has 7 heteroatoms. The summed E-state index contributed by atoms with van der Waals surface area (Å²) in [5.41, 5.74) is 0.283. The third kappa shape index (κ3) is 4.08. The van der Waals surface area contributed by atoms with E-state index in [1.165, 1.54) is 4.57 Å². The van der Waals surface area contributed by atoms with Crippen LogP contribution in [0.3, 0.4) is 0 Å². The summed E-state index contributed by atoms with van der Waals surface area (Å²) < 4.78 is 1.36. The molecule has 1 aromatic heterocycles. The van der Waals surface area contributed by atoms with Gasteiger partial charge in [0.25, 0.3) is 5.91 Å². The van der Waals surface area contributed by atoms with E-state index in [0.29, 0.717) is 0 Å². The van der Waals surface area contributed by atoms with E-state index in [1.54, 1.807) is 23.2 Å². The number of carbonyl (C=O) groups excluding carboxylic acids is 2. The Morgan fingerprint density at radius 1 is 1.24 bits per heavy atom. The largest absolute Gasteiger partial charge is 0.480 e. The molecular formula is C14H19N3O4. The van der Waals surface area contributed by atoms with Crippen molar-refractivity contribution in [3.8, 4) is 0 Å². The van der Waals surface area contributed by atoms with Crippen molar-refractivity contribution in [3.63, 3.8) is 0 Å². The molecule has 2 rings (SSSR count). The number of carboxylic acids is 1.